The first-order valence-corrected chi connectivity index (χ1v) is 8.76. The minimum absolute atomic E-state index is 0.377. The molecule has 1 unspecified atom stereocenters. The molecule has 1 aromatic carbocycles. The molecule has 7 heteroatoms. The van der Waals surface area contributed by atoms with Crippen molar-refractivity contribution in [1.82, 2.24) is 20.3 Å². The van der Waals surface area contributed by atoms with Gasteiger partial charge >= 0.3 is 0 Å². The van der Waals surface area contributed by atoms with Gasteiger partial charge in [-0.05, 0) is 56.1 Å². The number of hydrogen-bond acceptors (Lipinski definition) is 6. The predicted molar refractivity (Wildman–Crippen MR) is 98.5 cm³/mol. The van der Waals surface area contributed by atoms with Gasteiger partial charge in [0.25, 0.3) is 0 Å². The van der Waals surface area contributed by atoms with Gasteiger partial charge in [0.15, 0.2) is 17.4 Å². The number of aromatic hydroxyl groups is 1. The molecular weight excluding hydrogens is 333 g/mol. The predicted octanol–water partition coefficient (Wildman–Crippen LogP) is 2.95. The fraction of sp³-hybridized carbons (Fsp3) is 0.316. The molecule has 1 atom stereocenters. The summed E-state index contributed by atoms with van der Waals surface area (Å²) in [6, 6.07) is 6.02. The van der Waals surface area contributed by atoms with Crippen LogP contribution in [0.5, 0.6) is 5.75 Å². The summed E-state index contributed by atoms with van der Waals surface area (Å²) < 4.78 is 13.7. The van der Waals surface area contributed by atoms with Gasteiger partial charge in [-0.2, -0.15) is 0 Å². The Morgan fingerprint density at radius 1 is 1.23 bits per heavy atom. The second kappa shape index (κ2) is 7.21. The van der Waals surface area contributed by atoms with Crippen LogP contribution in [0.15, 0.2) is 36.7 Å². The van der Waals surface area contributed by atoms with Gasteiger partial charge in [-0.3, -0.25) is 4.98 Å². The zero-order chi connectivity index (χ0) is 17.9. The quantitative estimate of drug-likeness (QED) is 0.669. The highest BCUT2D eigenvalue weighted by Crippen LogP contribution is 2.28. The number of fused-ring (bicyclic) bond motifs is 1. The lowest BCUT2D eigenvalue weighted by Gasteiger charge is -2.23. The summed E-state index contributed by atoms with van der Waals surface area (Å²) in [6.07, 6.45) is 5.61. The summed E-state index contributed by atoms with van der Waals surface area (Å²) in [5, 5.41) is 16.2. The maximum atomic E-state index is 13.7. The topological polar surface area (TPSA) is 83.0 Å². The Labute approximate surface area is 150 Å². The summed E-state index contributed by atoms with van der Waals surface area (Å²) in [5.41, 5.74) is 2.55. The Morgan fingerprint density at radius 2 is 2.12 bits per heavy atom. The minimum Gasteiger partial charge on any atom is -0.505 e. The van der Waals surface area contributed by atoms with Crippen LogP contribution in [0.1, 0.15) is 12.8 Å². The van der Waals surface area contributed by atoms with E-state index in [1.807, 2.05) is 0 Å². The molecule has 134 valence electrons. The van der Waals surface area contributed by atoms with E-state index < -0.39 is 5.82 Å². The molecule has 3 N–H and O–H groups in total. The standard InChI is InChI=1S/C19H20FN5O/c20-14-8-13(3-4-17(14)26)15-9-16-18(23-7-6-22-16)19(25-15)24-11-12-2-1-5-21-10-12/h3-4,6-9,12,21,26H,1-2,5,10-11H2,(H,24,25). The van der Waals surface area contributed by atoms with Crippen molar-refractivity contribution in [2.24, 2.45) is 5.92 Å². The molecule has 1 fully saturated rings. The van der Waals surface area contributed by atoms with Gasteiger partial charge in [-0.1, -0.05) is 0 Å². The second-order valence-electron chi connectivity index (χ2n) is 6.54. The van der Waals surface area contributed by atoms with Gasteiger partial charge in [0.05, 0.1) is 11.2 Å². The van der Waals surface area contributed by atoms with Crippen LogP contribution in [0.25, 0.3) is 22.3 Å². The van der Waals surface area contributed by atoms with Crippen LogP contribution in [0.4, 0.5) is 10.2 Å². The summed E-state index contributed by atoms with van der Waals surface area (Å²) in [5.74, 6) is 0.125. The number of halogens is 1. The Kier molecular flexibility index (Phi) is 4.62. The third-order valence-electron chi connectivity index (χ3n) is 4.66. The van der Waals surface area contributed by atoms with Gasteiger partial charge in [-0.15, -0.1) is 0 Å². The number of pyridine rings is 1. The first-order valence-electron chi connectivity index (χ1n) is 8.76. The van der Waals surface area contributed by atoms with E-state index in [-0.39, 0.29) is 5.75 Å². The number of phenolic OH excluding ortho intramolecular Hbond substituents is 1. The smallest absolute Gasteiger partial charge is 0.165 e. The molecule has 1 aliphatic rings. The highest BCUT2D eigenvalue weighted by atomic mass is 19.1. The molecule has 1 aliphatic heterocycles. The van der Waals surface area contributed by atoms with Gasteiger partial charge in [0.1, 0.15) is 5.52 Å². The molecule has 0 bridgehead atoms. The number of hydrogen-bond donors (Lipinski definition) is 3. The van der Waals surface area contributed by atoms with E-state index in [1.54, 1.807) is 24.5 Å². The normalized spacial score (nSPS) is 17.3. The zero-order valence-electron chi connectivity index (χ0n) is 14.2. The average molecular weight is 353 g/mol. The summed E-state index contributed by atoms with van der Waals surface area (Å²) in [6.45, 7) is 2.85. The van der Waals surface area contributed by atoms with Gasteiger partial charge < -0.3 is 15.7 Å². The Morgan fingerprint density at radius 3 is 2.92 bits per heavy atom. The minimum atomic E-state index is -0.675. The van der Waals surface area contributed by atoms with Crippen molar-refractivity contribution in [3.05, 3.63) is 42.5 Å². The van der Waals surface area contributed by atoms with Crippen molar-refractivity contribution in [3.8, 4) is 17.0 Å². The molecule has 4 rings (SSSR count). The van der Waals surface area contributed by atoms with E-state index >= 15 is 0 Å². The van der Waals surface area contributed by atoms with Gasteiger partial charge in [0.2, 0.25) is 0 Å². The van der Waals surface area contributed by atoms with Gasteiger partial charge in [-0.25, -0.2) is 14.4 Å². The molecule has 0 radical (unpaired) electrons. The number of rotatable bonds is 4. The lowest BCUT2D eigenvalue weighted by molar-refractivity contribution is 0.392. The number of nitrogens with one attached hydrogen (secondary N) is 2. The van der Waals surface area contributed by atoms with Crippen LogP contribution in [0.2, 0.25) is 0 Å². The van der Waals surface area contributed by atoms with E-state index in [1.165, 1.54) is 25.0 Å². The molecule has 0 amide bonds. The first-order chi connectivity index (χ1) is 12.7. The van der Waals surface area contributed by atoms with Crippen LogP contribution in [-0.2, 0) is 0 Å². The molecule has 2 aromatic heterocycles. The SMILES string of the molecule is Oc1ccc(-c2cc3nccnc3c(NCC3CCCNC3)n2)cc1F. The third-order valence-corrected chi connectivity index (χ3v) is 4.66. The average Bonchev–Trinajstić information content (AvgIpc) is 2.69. The maximum absolute atomic E-state index is 13.7. The van der Waals surface area contributed by atoms with E-state index in [4.69, 9.17) is 0 Å². The largest absolute Gasteiger partial charge is 0.505 e. The zero-order valence-corrected chi connectivity index (χ0v) is 14.2. The fourth-order valence-electron chi connectivity index (χ4n) is 3.25. The van der Waals surface area contributed by atoms with Crippen LogP contribution < -0.4 is 10.6 Å². The molecule has 1 saturated heterocycles. The van der Waals surface area contributed by atoms with Crippen molar-refractivity contribution in [3.63, 3.8) is 0 Å². The highest BCUT2D eigenvalue weighted by molar-refractivity contribution is 5.88. The number of piperidine rings is 1. The lowest BCUT2D eigenvalue weighted by Crippen LogP contribution is -2.33. The first kappa shape index (κ1) is 16.7. The van der Waals surface area contributed by atoms with E-state index in [9.17, 15) is 9.50 Å². The second-order valence-corrected chi connectivity index (χ2v) is 6.54. The summed E-state index contributed by atoms with van der Waals surface area (Å²) in [4.78, 5) is 13.4. The third kappa shape index (κ3) is 3.43. The molecule has 0 spiro atoms. The van der Waals surface area contributed by atoms with Crippen LogP contribution in [0, 0.1) is 11.7 Å². The van der Waals surface area contributed by atoms with Crippen molar-refractivity contribution in [1.29, 1.82) is 0 Å². The number of aromatic nitrogens is 3. The Hall–Kier alpha value is -2.80. The number of nitrogens with zero attached hydrogens (tertiary/aromatic N) is 3. The van der Waals surface area contributed by atoms with Crippen molar-refractivity contribution in [2.75, 3.05) is 25.0 Å². The van der Waals surface area contributed by atoms with Crippen molar-refractivity contribution >= 4 is 16.9 Å². The molecule has 3 heterocycles. The maximum Gasteiger partial charge on any atom is 0.165 e. The number of phenols is 1. The van der Waals surface area contributed by atoms with Crippen LogP contribution >= 0.6 is 0 Å². The number of benzene rings is 1. The molecule has 3 aromatic rings. The lowest BCUT2D eigenvalue weighted by atomic mass is 10.00. The van der Waals surface area contributed by atoms with E-state index in [0.29, 0.717) is 34.0 Å². The summed E-state index contributed by atoms with van der Waals surface area (Å²) in [7, 11) is 0. The number of anilines is 1. The molecule has 26 heavy (non-hydrogen) atoms. The Bertz CT molecular complexity index is 927. The highest BCUT2D eigenvalue weighted by Gasteiger charge is 2.15. The monoisotopic (exact) mass is 353 g/mol. The van der Waals surface area contributed by atoms with Crippen molar-refractivity contribution in [2.45, 2.75) is 12.8 Å². The summed E-state index contributed by atoms with van der Waals surface area (Å²) >= 11 is 0. The molecule has 6 nitrogen and oxygen atoms in total. The van der Waals surface area contributed by atoms with Crippen LogP contribution in [0.3, 0.4) is 0 Å². The van der Waals surface area contributed by atoms with E-state index in [0.717, 1.165) is 19.6 Å². The van der Waals surface area contributed by atoms with E-state index in [2.05, 4.69) is 25.6 Å². The molecule has 0 aliphatic carbocycles. The van der Waals surface area contributed by atoms with Crippen molar-refractivity contribution < 1.29 is 9.50 Å². The van der Waals surface area contributed by atoms with Crippen LogP contribution in [-0.4, -0.2) is 39.7 Å². The Balaban J connectivity index is 1.69. The van der Waals surface area contributed by atoms with Gasteiger partial charge in [0, 0.05) is 24.5 Å². The molecular formula is C19H20FN5O. The fourth-order valence-corrected chi connectivity index (χ4v) is 3.25. The molecule has 0 saturated carbocycles.